The Morgan fingerprint density at radius 3 is 2.57 bits per heavy atom. The molecule has 0 amide bonds. The smallest absolute Gasteiger partial charge is 0.141 e. The highest BCUT2D eigenvalue weighted by molar-refractivity contribution is 5.45. The van der Waals surface area contributed by atoms with Crippen molar-refractivity contribution in [2.45, 2.75) is 13.0 Å². The van der Waals surface area contributed by atoms with Crippen LogP contribution >= 0.6 is 0 Å². The van der Waals surface area contributed by atoms with E-state index in [9.17, 15) is 4.39 Å². The van der Waals surface area contributed by atoms with Crippen LogP contribution in [0.25, 0.3) is 0 Å². The van der Waals surface area contributed by atoms with Gasteiger partial charge in [0.15, 0.2) is 0 Å². The van der Waals surface area contributed by atoms with Crippen molar-refractivity contribution in [1.82, 2.24) is 10.3 Å². The summed E-state index contributed by atoms with van der Waals surface area (Å²) in [5.74, 6) is 1.11. The molecule has 0 aliphatic carbocycles. The Morgan fingerprint density at radius 1 is 1.19 bits per heavy atom. The second-order valence-corrected chi connectivity index (χ2v) is 4.50. The summed E-state index contributed by atoms with van der Waals surface area (Å²) in [5, 5.41) is 3.34. The second kappa shape index (κ2) is 7.04. The maximum absolute atomic E-state index is 13.1. The number of hydrogen-bond acceptors (Lipinski definition) is 4. The van der Waals surface area contributed by atoms with E-state index >= 15 is 0 Å². The topological polar surface area (TPSA) is 43.4 Å². The molecule has 2 aromatic rings. The van der Waals surface area contributed by atoms with Gasteiger partial charge in [0, 0.05) is 5.56 Å². The highest BCUT2D eigenvalue weighted by atomic mass is 19.1. The molecule has 1 aromatic carbocycles. The molecule has 1 heterocycles. The van der Waals surface area contributed by atoms with E-state index in [-0.39, 0.29) is 11.9 Å². The number of pyridine rings is 1. The van der Waals surface area contributed by atoms with Crippen LogP contribution in [0.4, 0.5) is 4.39 Å². The molecule has 1 unspecified atom stereocenters. The summed E-state index contributed by atoms with van der Waals surface area (Å²) in [6.07, 6.45) is 1.21. The lowest BCUT2D eigenvalue weighted by atomic mass is 10.0. The van der Waals surface area contributed by atoms with E-state index in [1.807, 2.05) is 25.1 Å². The molecular formula is C16H19FN2O2. The van der Waals surface area contributed by atoms with Crippen molar-refractivity contribution in [3.63, 3.8) is 0 Å². The minimum absolute atomic E-state index is 0.194. The molecule has 5 heteroatoms. The number of hydrogen-bond donors (Lipinski definition) is 1. The van der Waals surface area contributed by atoms with Crippen LogP contribution in [-0.2, 0) is 0 Å². The lowest BCUT2D eigenvalue weighted by Gasteiger charge is -2.21. The van der Waals surface area contributed by atoms with Crippen molar-refractivity contribution in [3.8, 4) is 11.5 Å². The van der Waals surface area contributed by atoms with Gasteiger partial charge >= 0.3 is 0 Å². The van der Waals surface area contributed by atoms with Crippen LogP contribution in [0, 0.1) is 5.82 Å². The van der Waals surface area contributed by atoms with Crippen LogP contribution in [0.1, 0.15) is 24.2 Å². The molecule has 112 valence electrons. The van der Waals surface area contributed by atoms with Crippen LogP contribution in [0.15, 0.2) is 36.5 Å². The van der Waals surface area contributed by atoms with Gasteiger partial charge in [-0.1, -0.05) is 6.92 Å². The average Bonchev–Trinajstić information content (AvgIpc) is 2.53. The van der Waals surface area contributed by atoms with Crippen molar-refractivity contribution in [3.05, 3.63) is 53.6 Å². The first-order chi connectivity index (χ1) is 10.2. The molecule has 0 aliphatic heterocycles. The van der Waals surface area contributed by atoms with Crippen LogP contribution in [0.5, 0.6) is 11.5 Å². The third-order valence-corrected chi connectivity index (χ3v) is 3.20. The third-order valence-electron chi connectivity index (χ3n) is 3.20. The predicted octanol–water partition coefficient (Wildman–Crippen LogP) is 2.94. The molecule has 1 aromatic heterocycles. The largest absolute Gasteiger partial charge is 0.497 e. The van der Waals surface area contributed by atoms with E-state index in [1.165, 1.54) is 12.3 Å². The van der Waals surface area contributed by atoms with Crippen LogP contribution < -0.4 is 14.8 Å². The van der Waals surface area contributed by atoms with Gasteiger partial charge < -0.3 is 14.8 Å². The number of ether oxygens (including phenoxy) is 2. The summed E-state index contributed by atoms with van der Waals surface area (Å²) in [6, 6.07) is 8.46. The third kappa shape index (κ3) is 3.49. The minimum atomic E-state index is -0.355. The van der Waals surface area contributed by atoms with E-state index in [0.29, 0.717) is 0 Å². The maximum atomic E-state index is 13.1. The van der Waals surface area contributed by atoms with Crippen LogP contribution in [0.3, 0.4) is 0 Å². The van der Waals surface area contributed by atoms with Gasteiger partial charge in [-0.25, -0.2) is 4.39 Å². The molecule has 0 bridgehead atoms. The molecule has 0 radical (unpaired) electrons. The van der Waals surface area contributed by atoms with Gasteiger partial charge in [0.2, 0.25) is 0 Å². The molecule has 0 saturated heterocycles. The minimum Gasteiger partial charge on any atom is -0.497 e. The van der Waals surface area contributed by atoms with E-state index in [2.05, 4.69) is 10.3 Å². The normalized spacial score (nSPS) is 12.0. The number of nitrogens with zero attached hydrogens (tertiary/aromatic N) is 1. The van der Waals surface area contributed by atoms with Crippen molar-refractivity contribution in [2.75, 3.05) is 20.8 Å². The van der Waals surface area contributed by atoms with Crippen molar-refractivity contribution in [2.24, 2.45) is 0 Å². The number of halogens is 1. The molecule has 1 atom stereocenters. The van der Waals surface area contributed by atoms with E-state index < -0.39 is 0 Å². The summed E-state index contributed by atoms with van der Waals surface area (Å²) in [6.45, 7) is 2.74. The first-order valence-electron chi connectivity index (χ1n) is 6.76. The summed E-state index contributed by atoms with van der Waals surface area (Å²) >= 11 is 0. The number of nitrogens with one attached hydrogen (secondary N) is 1. The molecule has 2 rings (SSSR count). The molecule has 0 saturated carbocycles. The molecule has 4 nitrogen and oxygen atoms in total. The summed E-state index contributed by atoms with van der Waals surface area (Å²) in [4.78, 5) is 4.17. The monoisotopic (exact) mass is 290 g/mol. The number of benzene rings is 1. The first kappa shape index (κ1) is 15.3. The van der Waals surface area contributed by atoms with Gasteiger partial charge in [0.1, 0.15) is 17.3 Å². The zero-order chi connectivity index (χ0) is 15.2. The number of rotatable bonds is 6. The molecule has 0 spiro atoms. The average molecular weight is 290 g/mol. The summed E-state index contributed by atoms with van der Waals surface area (Å²) < 4.78 is 23.8. The number of methoxy groups -OCH3 is 2. The highest BCUT2D eigenvalue weighted by Crippen LogP contribution is 2.32. The predicted molar refractivity (Wildman–Crippen MR) is 79.3 cm³/mol. The zero-order valence-electron chi connectivity index (χ0n) is 12.4. The Labute approximate surface area is 123 Å². The van der Waals surface area contributed by atoms with Crippen molar-refractivity contribution in [1.29, 1.82) is 0 Å². The highest BCUT2D eigenvalue weighted by Gasteiger charge is 2.19. The molecular weight excluding hydrogens is 271 g/mol. The summed E-state index contributed by atoms with van der Waals surface area (Å²) in [7, 11) is 3.23. The Balaban J connectivity index is 2.48. The van der Waals surface area contributed by atoms with Gasteiger partial charge in [-0.3, -0.25) is 4.98 Å². The van der Waals surface area contributed by atoms with Gasteiger partial charge in [-0.2, -0.15) is 0 Å². The van der Waals surface area contributed by atoms with E-state index in [0.717, 1.165) is 29.3 Å². The quantitative estimate of drug-likeness (QED) is 0.888. The second-order valence-electron chi connectivity index (χ2n) is 4.50. The summed E-state index contributed by atoms with van der Waals surface area (Å²) in [5.41, 5.74) is 1.63. The maximum Gasteiger partial charge on any atom is 0.141 e. The molecule has 21 heavy (non-hydrogen) atoms. The van der Waals surface area contributed by atoms with Crippen LogP contribution in [0.2, 0.25) is 0 Å². The van der Waals surface area contributed by atoms with Crippen LogP contribution in [-0.4, -0.2) is 25.7 Å². The Hall–Kier alpha value is -2.14. The van der Waals surface area contributed by atoms with E-state index in [1.54, 1.807) is 20.3 Å². The first-order valence-corrected chi connectivity index (χ1v) is 6.76. The molecule has 0 aliphatic rings. The van der Waals surface area contributed by atoms with Gasteiger partial charge in [0.05, 0.1) is 32.2 Å². The Kier molecular flexibility index (Phi) is 5.11. The Bertz CT molecular complexity index is 587. The fraction of sp³-hybridized carbons (Fsp3) is 0.312. The fourth-order valence-corrected chi connectivity index (χ4v) is 2.20. The molecule has 0 fully saturated rings. The van der Waals surface area contributed by atoms with Crippen molar-refractivity contribution >= 4 is 0 Å². The van der Waals surface area contributed by atoms with E-state index in [4.69, 9.17) is 9.47 Å². The van der Waals surface area contributed by atoms with Crippen molar-refractivity contribution < 1.29 is 13.9 Å². The lowest BCUT2D eigenvalue weighted by Crippen LogP contribution is -2.23. The number of aromatic nitrogens is 1. The zero-order valence-corrected chi connectivity index (χ0v) is 12.4. The van der Waals surface area contributed by atoms with Gasteiger partial charge in [0.25, 0.3) is 0 Å². The standard InChI is InChI=1S/C16H19FN2O2/c1-4-18-16(14-7-5-11(17)10-19-14)13-9-12(20-2)6-8-15(13)21-3/h5-10,16,18H,4H2,1-3H3. The van der Waals surface area contributed by atoms with Gasteiger partial charge in [-0.15, -0.1) is 0 Å². The lowest BCUT2D eigenvalue weighted by molar-refractivity contribution is 0.393. The van der Waals surface area contributed by atoms with Gasteiger partial charge in [-0.05, 0) is 36.9 Å². The SMILES string of the molecule is CCNC(c1ccc(F)cn1)c1cc(OC)ccc1OC. The Morgan fingerprint density at radius 2 is 2.00 bits per heavy atom. The molecule has 1 N–H and O–H groups in total. The fourth-order valence-electron chi connectivity index (χ4n) is 2.20.